The van der Waals surface area contributed by atoms with Gasteiger partial charge in [-0.05, 0) is 38.1 Å². The molecule has 8 heteroatoms. The molecule has 0 aliphatic carbocycles. The van der Waals surface area contributed by atoms with Gasteiger partial charge in [0.15, 0.2) is 6.61 Å². The number of anilines is 2. The van der Waals surface area contributed by atoms with Crippen molar-refractivity contribution in [1.82, 2.24) is 0 Å². The van der Waals surface area contributed by atoms with E-state index < -0.39 is 17.5 Å². The Balaban J connectivity index is 2.11. The van der Waals surface area contributed by atoms with Gasteiger partial charge >= 0.3 is 5.97 Å². The summed E-state index contributed by atoms with van der Waals surface area (Å²) in [6.07, 6.45) is 0. The number of ether oxygens (including phenoxy) is 1. The van der Waals surface area contributed by atoms with Gasteiger partial charge in [0.05, 0.1) is 10.5 Å². The average molecular weight is 371 g/mol. The summed E-state index contributed by atoms with van der Waals surface area (Å²) in [4.78, 5) is 36.8. The molecule has 0 radical (unpaired) electrons. The van der Waals surface area contributed by atoms with Crippen molar-refractivity contribution in [3.8, 4) is 0 Å². The number of esters is 1. The summed E-state index contributed by atoms with van der Waals surface area (Å²) in [6, 6.07) is 12.9. The topological polar surface area (TPSA) is 102 Å². The fourth-order valence-electron chi connectivity index (χ4n) is 2.62. The molecule has 27 heavy (non-hydrogen) atoms. The third-order valence-corrected chi connectivity index (χ3v) is 3.85. The third kappa shape index (κ3) is 4.81. The molecule has 0 aromatic heterocycles. The number of hydrogen-bond acceptors (Lipinski definition) is 6. The molecule has 0 bridgehead atoms. The molecule has 8 nitrogen and oxygen atoms in total. The maximum absolute atomic E-state index is 12.5. The number of rotatable bonds is 7. The number of carbonyl (C=O) groups excluding carboxylic acids is 2. The molecule has 2 rings (SSSR count). The van der Waals surface area contributed by atoms with Crippen molar-refractivity contribution in [1.29, 1.82) is 0 Å². The Hall–Kier alpha value is -3.42. The van der Waals surface area contributed by atoms with E-state index in [4.69, 9.17) is 4.74 Å². The summed E-state index contributed by atoms with van der Waals surface area (Å²) in [7, 11) is 1.54. The maximum Gasteiger partial charge on any atom is 0.338 e. The van der Waals surface area contributed by atoms with Crippen molar-refractivity contribution >= 4 is 28.9 Å². The van der Waals surface area contributed by atoms with E-state index in [2.05, 4.69) is 5.32 Å². The van der Waals surface area contributed by atoms with Crippen LogP contribution in [-0.2, 0) is 9.53 Å². The molecule has 0 saturated carbocycles. The number of para-hydroxylation sites is 1. The number of carbonyl (C=O) groups is 2. The first-order valence-corrected chi connectivity index (χ1v) is 8.35. The van der Waals surface area contributed by atoms with E-state index >= 15 is 0 Å². The van der Waals surface area contributed by atoms with Crippen LogP contribution in [0.5, 0.6) is 0 Å². The van der Waals surface area contributed by atoms with Crippen LogP contribution in [0.4, 0.5) is 17.1 Å². The van der Waals surface area contributed by atoms with Crippen LogP contribution < -0.4 is 10.2 Å². The second-order valence-corrected chi connectivity index (χ2v) is 6.01. The number of nitrogens with zero attached hydrogens (tertiary/aromatic N) is 2. The zero-order valence-corrected chi connectivity index (χ0v) is 15.3. The van der Waals surface area contributed by atoms with E-state index in [-0.39, 0.29) is 28.9 Å². The van der Waals surface area contributed by atoms with Gasteiger partial charge in [0, 0.05) is 24.8 Å². The molecule has 0 atom stereocenters. The largest absolute Gasteiger partial charge is 0.452 e. The zero-order valence-electron chi connectivity index (χ0n) is 15.3. The van der Waals surface area contributed by atoms with Gasteiger partial charge < -0.3 is 15.0 Å². The van der Waals surface area contributed by atoms with Crippen LogP contribution in [0.15, 0.2) is 48.5 Å². The van der Waals surface area contributed by atoms with Crippen LogP contribution in [-0.4, -0.2) is 36.5 Å². The summed E-state index contributed by atoms with van der Waals surface area (Å²) in [5.41, 5.74) is 0.737. The Kier molecular flexibility index (Phi) is 6.48. The van der Waals surface area contributed by atoms with Crippen LogP contribution >= 0.6 is 0 Å². The standard InChI is InChI=1S/C19H21N3O5/c1-13(2)21(15-7-5-4-6-8-15)18(23)12-27-19(24)14-9-10-16(20-3)17(11-14)22(25)26/h4-11,13,20H,12H2,1-3H3. The predicted octanol–water partition coefficient (Wildman–Crippen LogP) is 3.23. The highest BCUT2D eigenvalue weighted by Gasteiger charge is 2.22. The Morgan fingerprint density at radius 1 is 1.19 bits per heavy atom. The number of nitrogens with one attached hydrogen (secondary N) is 1. The van der Waals surface area contributed by atoms with Crippen LogP contribution in [0.1, 0.15) is 24.2 Å². The van der Waals surface area contributed by atoms with Crippen molar-refractivity contribution in [2.24, 2.45) is 0 Å². The highest BCUT2D eigenvalue weighted by atomic mass is 16.6. The SMILES string of the molecule is CNc1ccc(C(=O)OCC(=O)N(c2ccccc2)C(C)C)cc1[N+](=O)[O-]. The van der Waals surface area contributed by atoms with E-state index in [1.165, 1.54) is 17.0 Å². The monoisotopic (exact) mass is 371 g/mol. The predicted molar refractivity (Wildman–Crippen MR) is 102 cm³/mol. The minimum absolute atomic E-state index is 0.00399. The number of hydrogen-bond donors (Lipinski definition) is 1. The molecule has 2 aromatic carbocycles. The highest BCUT2D eigenvalue weighted by molar-refractivity contribution is 5.97. The molecule has 0 spiro atoms. The van der Waals surface area contributed by atoms with E-state index in [0.717, 1.165) is 6.07 Å². The average Bonchev–Trinajstić information content (AvgIpc) is 2.66. The molecule has 2 aromatic rings. The Morgan fingerprint density at radius 3 is 2.41 bits per heavy atom. The molecule has 0 aliphatic heterocycles. The Morgan fingerprint density at radius 2 is 1.85 bits per heavy atom. The van der Waals surface area contributed by atoms with Crippen LogP contribution in [0.2, 0.25) is 0 Å². The smallest absolute Gasteiger partial charge is 0.338 e. The lowest BCUT2D eigenvalue weighted by molar-refractivity contribution is -0.384. The molecular formula is C19H21N3O5. The quantitative estimate of drug-likeness (QED) is 0.455. The summed E-state index contributed by atoms with van der Waals surface area (Å²) >= 11 is 0. The van der Waals surface area contributed by atoms with E-state index in [9.17, 15) is 19.7 Å². The first-order valence-electron chi connectivity index (χ1n) is 8.35. The number of amides is 1. The molecule has 142 valence electrons. The minimum atomic E-state index is -0.800. The Labute approximate surface area is 156 Å². The molecule has 0 aliphatic rings. The summed E-state index contributed by atoms with van der Waals surface area (Å²) in [5, 5.41) is 13.8. The fraction of sp³-hybridized carbons (Fsp3) is 0.263. The molecule has 0 heterocycles. The molecule has 1 amide bonds. The van der Waals surface area contributed by atoms with Crippen molar-refractivity contribution in [2.45, 2.75) is 19.9 Å². The normalized spacial score (nSPS) is 10.4. The van der Waals surface area contributed by atoms with Crippen LogP contribution in [0.25, 0.3) is 0 Å². The first-order chi connectivity index (χ1) is 12.8. The maximum atomic E-state index is 12.5. The molecule has 1 N–H and O–H groups in total. The third-order valence-electron chi connectivity index (χ3n) is 3.85. The van der Waals surface area contributed by atoms with Gasteiger partial charge in [0.2, 0.25) is 0 Å². The number of nitro benzene ring substituents is 1. The summed E-state index contributed by atoms with van der Waals surface area (Å²) < 4.78 is 5.08. The Bertz CT molecular complexity index is 836. The fourth-order valence-corrected chi connectivity index (χ4v) is 2.62. The molecule has 0 saturated heterocycles. The number of nitro groups is 1. The van der Waals surface area contributed by atoms with Crippen molar-refractivity contribution < 1.29 is 19.2 Å². The van der Waals surface area contributed by atoms with E-state index in [1.807, 2.05) is 32.0 Å². The van der Waals surface area contributed by atoms with Gasteiger partial charge in [0.25, 0.3) is 11.6 Å². The lowest BCUT2D eigenvalue weighted by Crippen LogP contribution is -2.39. The van der Waals surface area contributed by atoms with Gasteiger partial charge in [0.1, 0.15) is 5.69 Å². The van der Waals surface area contributed by atoms with Crippen molar-refractivity contribution in [2.75, 3.05) is 23.9 Å². The van der Waals surface area contributed by atoms with Gasteiger partial charge in [-0.3, -0.25) is 14.9 Å². The van der Waals surface area contributed by atoms with Gasteiger partial charge in [-0.2, -0.15) is 0 Å². The van der Waals surface area contributed by atoms with E-state index in [0.29, 0.717) is 5.69 Å². The van der Waals surface area contributed by atoms with Gasteiger partial charge in [-0.25, -0.2) is 4.79 Å². The second-order valence-electron chi connectivity index (χ2n) is 6.01. The van der Waals surface area contributed by atoms with Crippen molar-refractivity contribution in [3.63, 3.8) is 0 Å². The van der Waals surface area contributed by atoms with Crippen molar-refractivity contribution in [3.05, 3.63) is 64.2 Å². The second kappa shape index (κ2) is 8.79. The number of benzene rings is 2. The van der Waals surface area contributed by atoms with Crippen LogP contribution in [0.3, 0.4) is 0 Å². The van der Waals surface area contributed by atoms with E-state index in [1.54, 1.807) is 19.2 Å². The van der Waals surface area contributed by atoms with Gasteiger partial charge in [-0.15, -0.1) is 0 Å². The molecular weight excluding hydrogens is 350 g/mol. The summed E-state index contributed by atoms with van der Waals surface area (Å²) in [5.74, 6) is -1.18. The lowest BCUT2D eigenvalue weighted by atomic mass is 10.1. The minimum Gasteiger partial charge on any atom is -0.452 e. The highest BCUT2D eigenvalue weighted by Crippen LogP contribution is 2.25. The molecule has 0 fully saturated rings. The first kappa shape index (κ1) is 19.9. The molecule has 0 unspecified atom stereocenters. The van der Waals surface area contributed by atoms with Gasteiger partial charge in [-0.1, -0.05) is 18.2 Å². The van der Waals surface area contributed by atoms with Crippen LogP contribution in [0, 0.1) is 10.1 Å². The zero-order chi connectivity index (χ0) is 20.0. The lowest BCUT2D eigenvalue weighted by Gasteiger charge is -2.26. The summed E-state index contributed by atoms with van der Waals surface area (Å²) in [6.45, 7) is 3.24.